The first kappa shape index (κ1) is 20.1. The van der Waals surface area contributed by atoms with E-state index < -0.39 is 40.1 Å². The number of hydrogen-bond acceptors (Lipinski definition) is 10. The first-order valence-corrected chi connectivity index (χ1v) is 5.46. The molecule has 0 radical (unpaired) electrons. The van der Waals surface area contributed by atoms with Crippen LogP contribution in [0.5, 0.6) is 0 Å². The van der Waals surface area contributed by atoms with E-state index in [9.17, 15) is 50.8 Å². The lowest BCUT2D eigenvalue weighted by molar-refractivity contribution is -1.18. The van der Waals surface area contributed by atoms with Crippen molar-refractivity contribution in [2.75, 3.05) is 7.05 Å². The molecule has 0 aromatic rings. The van der Waals surface area contributed by atoms with Crippen molar-refractivity contribution in [3.8, 4) is 0 Å². The summed E-state index contributed by atoms with van der Waals surface area (Å²) in [6.45, 7) is 0.928. The third-order valence-electron chi connectivity index (χ3n) is 3.60. The topological polar surface area (TPSA) is 219 Å². The molecule has 12 nitrogen and oxygen atoms in total. The van der Waals surface area contributed by atoms with Crippen molar-refractivity contribution in [1.29, 1.82) is 0 Å². The Morgan fingerprint density at radius 1 is 0.952 bits per heavy atom. The highest BCUT2D eigenvalue weighted by Gasteiger charge is 2.73. The third-order valence-corrected chi connectivity index (χ3v) is 3.60. The van der Waals surface area contributed by atoms with Crippen LogP contribution in [0.3, 0.4) is 0 Å². The molecule has 12 heteroatoms. The van der Waals surface area contributed by atoms with E-state index in [1.165, 1.54) is 0 Å². The molecule has 0 rings (SSSR count). The van der Waals surface area contributed by atoms with Crippen molar-refractivity contribution in [1.82, 2.24) is 0 Å². The zero-order valence-electron chi connectivity index (χ0n) is 11.4. The van der Waals surface area contributed by atoms with Gasteiger partial charge in [-0.2, -0.15) is 0 Å². The maximum atomic E-state index is 10.7. The molecule has 0 bridgehead atoms. The lowest BCUT2D eigenvalue weighted by atomic mass is 9.93. The van der Waals surface area contributed by atoms with Gasteiger partial charge in [-0.3, -0.25) is 15.3 Å². The minimum absolute atomic E-state index is 0.300. The molecule has 21 heavy (non-hydrogen) atoms. The lowest BCUT2D eigenvalue weighted by Crippen LogP contribution is -2.84. The van der Waals surface area contributed by atoms with E-state index in [1.807, 2.05) is 0 Å². The Bertz CT molecular complexity index is 391. The Kier molecular flexibility index (Phi) is 4.84. The summed E-state index contributed by atoms with van der Waals surface area (Å²) in [5.41, 5.74) is 0. The van der Waals surface area contributed by atoms with Crippen LogP contribution in [0, 0.1) is 5.92 Å². The molecule has 0 saturated carbocycles. The van der Waals surface area contributed by atoms with Crippen LogP contribution in [0.4, 0.5) is 0 Å². The summed E-state index contributed by atoms with van der Waals surface area (Å²) in [6.07, 6.45) is -4.22. The predicted molar refractivity (Wildman–Crippen MR) is 59.6 cm³/mol. The van der Waals surface area contributed by atoms with Crippen molar-refractivity contribution in [3.63, 3.8) is 0 Å². The van der Waals surface area contributed by atoms with Crippen LogP contribution in [0.2, 0.25) is 0 Å². The van der Waals surface area contributed by atoms with E-state index in [1.54, 1.807) is 0 Å². The molecule has 2 unspecified atom stereocenters. The Balaban J connectivity index is 6.23. The number of carboxylic acids is 1. The van der Waals surface area contributed by atoms with Gasteiger partial charge in [-0.15, -0.1) is 4.48 Å². The summed E-state index contributed by atoms with van der Waals surface area (Å²) < 4.78 is -2.63. The molecular weight excluding hydrogens is 298 g/mol. The van der Waals surface area contributed by atoms with Gasteiger partial charge in [0.15, 0.2) is 0 Å². The normalized spacial score (nSPS) is 19.0. The van der Waals surface area contributed by atoms with Crippen molar-refractivity contribution in [3.05, 3.63) is 0 Å². The number of carboxylic acid groups (broad SMARTS) is 1. The zero-order valence-corrected chi connectivity index (χ0v) is 11.4. The number of carbonyl (C=O) groups is 1. The standard InChI is InChI=1S/C9H19NO11/c1-4(7(15,16)5(11)12)8(17,18)10(3,6(2,13)14)9(19,20)21/h4,13-21H,1-3H3/p+1. The van der Waals surface area contributed by atoms with E-state index in [0.717, 1.165) is 0 Å². The van der Waals surface area contributed by atoms with E-state index in [-0.39, 0.29) is 0 Å². The van der Waals surface area contributed by atoms with Gasteiger partial charge >= 0.3 is 23.9 Å². The molecule has 0 aromatic carbocycles. The molecule has 126 valence electrons. The number of hydrogen-bond donors (Lipinski definition) is 10. The molecule has 0 amide bonds. The fourth-order valence-corrected chi connectivity index (χ4v) is 1.66. The van der Waals surface area contributed by atoms with Crippen LogP contribution >= 0.6 is 0 Å². The maximum Gasteiger partial charge on any atom is 0.450 e. The maximum absolute atomic E-state index is 10.7. The molecule has 0 aliphatic carbocycles. The molecular formula is C9H20NO11+. The number of nitrogens with zero attached hydrogens (tertiary/aromatic N) is 1. The van der Waals surface area contributed by atoms with Crippen molar-refractivity contribution < 1.29 is 60.3 Å². The summed E-state index contributed by atoms with van der Waals surface area (Å²) >= 11 is 0. The van der Waals surface area contributed by atoms with Crippen LogP contribution < -0.4 is 0 Å². The monoisotopic (exact) mass is 318 g/mol. The van der Waals surface area contributed by atoms with Gasteiger partial charge in [0, 0.05) is 6.92 Å². The van der Waals surface area contributed by atoms with Gasteiger partial charge in [0.1, 0.15) is 5.92 Å². The summed E-state index contributed by atoms with van der Waals surface area (Å²) in [6, 6.07) is 0. The Labute approximate surface area is 118 Å². The summed E-state index contributed by atoms with van der Waals surface area (Å²) in [4.78, 5) is 10.7. The molecule has 0 heterocycles. The van der Waals surface area contributed by atoms with Crippen LogP contribution in [0.25, 0.3) is 0 Å². The zero-order chi connectivity index (χ0) is 17.7. The highest BCUT2D eigenvalue weighted by atomic mass is 16.8. The molecule has 2 atom stereocenters. The SMILES string of the molecule is CC(C(O)(O)C(=O)O)C(O)(O)[N+](C)(C(C)(O)O)C(O)(O)O. The quantitative estimate of drug-likeness (QED) is 0.164. The van der Waals surface area contributed by atoms with Gasteiger partial charge in [-0.25, -0.2) is 4.79 Å². The van der Waals surface area contributed by atoms with Gasteiger partial charge in [-0.05, 0) is 6.92 Å². The van der Waals surface area contributed by atoms with Gasteiger partial charge in [0.05, 0.1) is 7.05 Å². The lowest BCUT2D eigenvalue weighted by Gasteiger charge is -2.53. The van der Waals surface area contributed by atoms with E-state index in [0.29, 0.717) is 20.9 Å². The first-order valence-electron chi connectivity index (χ1n) is 5.46. The molecule has 0 aliphatic heterocycles. The summed E-state index contributed by atoms with van der Waals surface area (Å²) in [5, 5.41) is 93.6. The number of quaternary nitrogens is 1. The second-order valence-electron chi connectivity index (χ2n) is 5.02. The Morgan fingerprint density at radius 2 is 1.29 bits per heavy atom. The number of aliphatic carboxylic acids is 1. The van der Waals surface area contributed by atoms with Gasteiger partial charge in [-0.1, -0.05) is 0 Å². The van der Waals surface area contributed by atoms with Crippen LogP contribution in [-0.2, 0) is 4.79 Å². The minimum Gasteiger partial charge on any atom is -0.477 e. The van der Waals surface area contributed by atoms with Crippen molar-refractivity contribution >= 4 is 5.97 Å². The minimum atomic E-state index is -4.22. The summed E-state index contributed by atoms with van der Waals surface area (Å²) in [5.74, 6) is -16.1. The average Bonchev–Trinajstić information content (AvgIpc) is 2.23. The van der Waals surface area contributed by atoms with E-state index >= 15 is 0 Å². The fourth-order valence-electron chi connectivity index (χ4n) is 1.66. The first-order chi connectivity index (χ1) is 8.85. The molecule has 0 spiro atoms. The molecule has 10 N–H and O–H groups in total. The number of rotatable bonds is 6. The highest BCUT2D eigenvalue weighted by molar-refractivity contribution is 5.75. The van der Waals surface area contributed by atoms with Crippen molar-refractivity contribution in [2.45, 2.75) is 37.6 Å². The second kappa shape index (κ2) is 5.06. The largest absolute Gasteiger partial charge is 0.477 e. The summed E-state index contributed by atoms with van der Waals surface area (Å²) in [7, 11) is 0.300. The smallest absolute Gasteiger partial charge is 0.450 e. The van der Waals surface area contributed by atoms with E-state index in [2.05, 4.69) is 0 Å². The molecule has 0 aromatic heterocycles. The molecule has 0 aliphatic rings. The number of aliphatic hydroxyl groups is 9. The predicted octanol–water partition coefficient (Wildman–Crippen LogP) is -5.28. The van der Waals surface area contributed by atoms with Crippen molar-refractivity contribution in [2.24, 2.45) is 5.92 Å². The highest BCUT2D eigenvalue weighted by Crippen LogP contribution is 2.41. The van der Waals surface area contributed by atoms with Crippen LogP contribution in [0.1, 0.15) is 13.8 Å². The Hall–Kier alpha value is -0.930. The van der Waals surface area contributed by atoms with E-state index in [4.69, 9.17) is 5.11 Å². The van der Waals surface area contributed by atoms with Crippen LogP contribution in [-0.4, -0.2) is 92.3 Å². The second-order valence-corrected chi connectivity index (χ2v) is 5.02. The van der Waals surface area contributed by atoms with Gasteiger partial charge in [0.25, 0.3) is 5.79 Å². The van der Waals surface area contributed by atoms with Gasteiger partial charge < -0.3 is 35.7 Å². The third kappa shape index (κ3) is 2.86. The van der Waals surface area contributed by atoms with Gasteiger partial charge in [0.2, 0.25) is 0 Å². The molecule has 0 fully saturated rings. The average molecular weight is 318 g/mol. The fraction of sp³-hybridized carbons (Fsp3) is 0.889. The molecule has 0 saturated heterocycles. The Morgan fingerprint density at radius 3 is 1.48 bits per heavy atom. The van der Waals surface area contributed by atoms with Crippen LogP contribution in [0.15, 0.2) is 0 Å².